The molecule has 0 spiro atoms. The van der Waals surface area contributed by atoms with Gasteiger partial charge in [-0.15, -0.1) is 0 Å². The number of pyridine rings is 1. The maximum atomic E-state index is 5.55. The number of ether oxygens (including phenoxy) is 1. The number of nitrogens with one attached hydrogen (secondary N) is 1. The van der Waals surface area contributed by atoms with Crippen molar-refractivity contribution in [1.82, 2.24) is 15.0 Å². The van der Waals surface area contributed by atoms with Crippen LogP contribution in [0.25, 0.3) is 0 Å². The first-order valence-electron chi connectivity index (χ1n) is 4.89. The molecule has 0 aliphatic rings. The van der Waals surface area contributed by atoms with Crippen molar-refractivity contribution in [3.05, 3.63) is 36.4 Å². The predicted octanol–water partition coefficient (Wildman–Crippen LogP) is 2.01. The van der Waals surface area contributed by atoms with E-state index < -0.39 is 0 Å². The van der Waals surface area contributed by atoms with Crippen molar-refractivity contribution in [2.75, 3.05) is 12.4 Å². The first-order chi connectivity index (χ1) is 7.78. The topological polar surface area (TPSA) is 59.9 Å². The lowest BCUT2D eigenvalue weighted by Crippen LogP contribution is -1.98. The lowest BCUT2D eigenvalue weighted by atomic mass is 10.4. The molecule has 82 valence electrons. The minimum Gasteiger partial charge on any atom is -0.437 e. The van der Waals surface area contributed by atoms with E-state index in [2.05, 4.69) is 20.3 Å². The molecule has 0 bridgehead atoms. The fourth-order valence-corrected chi connectivity index (χ4v) is 1.25. The zero-order chi connectivity index (χ0) is 11.4. The molecule has 0 unspecified atom stereocenters. The molecule has 0 aliphatic carbocycles. The standard InChI is InChI=1S/C11H12N4O/c1-8-14-10(12-2)6-11(15-8)16-9-4-3-5-13-7-9/h3-7H,1-2H3,(H,12,14,15). The SMILES string of the molecule is CNc1cc(Oc2cccnc2)nc(C)n1. The summed E-state index contributed by atoms with van der Waals surface area (Å²) in [4.78, 5) is 12.3. The molecule has 0 atom stereocenters. The molecule has 0 aromatic carbocycles. The molecule has 0 aliphatic heterocycles. The number of aryl methyl sites for hydroxylation is 1. The maximum Gasteiger partial charge on any atom is 0.224 e. The van der Waals surface area contributed by atoms with Gasteiger partial charge in [-0.3, -0.25) is 4.98 Å². The Morgan fingerprint density at radius 2 is 2.19 bits per heavy atom. The Balaban J connectivity index is 2.24. The summed E-state index contributed by atoms with van der Waals surface area (Å²) in [6.07, 6.45) is 3.33. The van der Waals surface area contributed by atoms with Crippen molar-refractivity contribution in [2.45, 2.75) is 6.92 Å². The van der Waals surface area contributed by atoms with Crippen LogP contribution < -0.4 is 10.1 Å². The van der Waals surface area contributed by atoms with Crippen LogP contribution in [0.1, 0.15) is 5.82 Å². The Morgan fingerprint density at radius 1 is 1.31 bits per heavy atom. The Bertz CT molecular complexity index is 473. The van der Waals surface area contributed by atoms with Gasteiger partial charge in [0.05, 0.1) is 6.20 Å². The fraction of sp³-hybridized carbons (Fsp3) is 0.182. The monoisotopic (exact) mass is 216 g/mol. The van der Waals surface area contributed by atoms with Crippen LogP contribution in [-0.4, -0.2) is 22.0 Å². The van der Waals surface area contributed by atoms with Crippen LogP contribution in [0.15, 0.2) is 30.6 Å². The summed E-state index contributed by atoms with van der Waals surface area (Å²) in [6, 6.07) is 5.37. The van der Waals surface area contributed by atoms with Gasteiger partial charge < -0.3 is 10.1 Å². The molecule has 2 aromatic heterocycles. The Labute approximate surface area is 93.5 Å². The molecule has 2 aromatic rings. The van der Waals surface area contributed by atoms with E-state index in [0.717, 1.165) is 5.82 Å². The molecule has 0 saturated heterocycles. The van der Waals surface area contributed by atoms with Gasteiger partial charge in [-0.1, -0.05) is 0 Å². The first-order valence-corrected chi connectivity index (χ1v) is 4.89. The number of aromatic nitrogens is 3. The molecular formula is C11H12N4O. The van der Waals surface area contributed by atoms with E-state index >= 15 is 0 Å². The number of hydrogen-bond donors (Lipinski definition) is 1. The number of anilines is 1. The van der Waals surface area contributed by atoms with Crippen molar-refractivity contribution in [1.29, 1.82) is 0 Å². The predicted molar refractivity (Wildman–Crippen MR) is 60.6 cm³/mol. The zero-order valence-corrected chi connectivity index (χ0v) is 9.14. The first kappa shape index (κ1) is 10.4. The Kier molecular flexibility index (Phi) is 2.95. The van der Waals surface area contributed by atoms with Gasteiger partial charge in [0.15, 0.2) is 0 Å². The van der Waals surface area contributed by atoms with Gasteiger partial charge in [-0.25, -0.2) is 4.98 Å². The average molecular weight is 216 g/mol. The molecule has 5 heteroatoms. The van der Waals surface area contributed by atoms with Crippen LogP contribution in [0.3, 0.4) is 0 Å². The molecule has 0 saturated carbocycles. The highest BCUT2D eigenvalue weighted by Crippen LogP contribution is 2.19. The van der Waals surface area contributed by atoms with E-state index in [-0.39, 0.29) is 0 Å². The van der Waals surface area contributed by atoms with Gasteiger partial charge in [0.1, 0.15) is 17.4 Å². The summed E-state index contributed by atoms with van der Waals surface area (Å²) >= 11 is 0. The normalized spacial score (nSPS) is 9.88. The van der Waals surface area contributed by atoms with E-state index in [1.807, 2.05) is 19.1 Å². The quantitative estimate of drug-likeness (QED) is 0.850. The number of hydrogen-bond acceptors (Lipinski definition) is 5. The van der Waals surface area contributed by atoms with Gasteiger partial charge >= 0.3 is 0 Å². The highest BCUT2D eigenvalue weighted by molar-refractivity contribution is 5.38. The van der Waals surface area contributed by atoms with E-state index in [4.69, 9.17) is 4.74 Å². The molecule has 16 heavy (non-hydrogen) atoms. The Hall–Kier alpha value is -2.17. The van der Waals surface area contributed by atoms with Crippen molar-refractivity contribution >= 4 is 5.82 Å². The van der Waals surface area contributed by atoms with E-state index in [1.54, 1.807) is 25.5 Å². The smallest absolute Gasteiger partial charge is 0.224 e. The Morgan fingerprint density at radius 3 is 2.88 bits per heavy atom. The molecule has 1 N–H and O–H groups in total. The molecule has 0 radical (unpaired) electrons. The van der Waals surface area contributed by atoms with Crippen LogP contribution in [0.2, 0.25) is 0 Å². The summed E-state index contributed by atoms with van der Waals surface area (Å²) in [7, 11) is 1.80. The zero-order valence-electron chi connectivity index (χ0n) is 9.14. The number of nitrogens with zero attached hydrogens (tertiary/aromatic N) is 3. The second-order valence-electron chi connectivity index (χ2n) is 3.18. The third-order valence-corrected chi connectivity index (χ3v) is 1.93. The van der Waals surface area contributed by atoms with Gasteiger partial charge in [0.25, 0.3) is 0 Å². The van der Waals surface area contributed by atoms with Crippen LogP contribution in [0.4, 0.5) is 5.82 Å². The third-order valence-electron chi connectivity index (χ3n) is 1.93. The summed E-state index contributed by atoms with van der Waals surface area (Å²) in [5.74, 6) is 2.55. The molecule has 0 fully saturated rings. The maximum absolute atomic E-state index is 5.55. The summed E-state index contributed by atoms with van der Waals surface area (Å²) in [5, 5.41) is 2.95. The fourth-order valence-electron chi connectivity index (χ4n) is 1.25. The highest BCUT2D eigenvalue weighted by atomic mass is 16.5. The van der Waals surface area contributed by atoms with Crippen molar-refractivity contribution in [2.24, 2.45) is 0 Å². The van der Waals surface area contributed by atoms with Gasteiger partial charge in [0.2, 0.25) is 5.88 Å². The molecule has 5 nitrogen and oxygen atoms in total. The lowest BCUT2D eigenvalue weighted by molar-refractivity contribution is 0.458. The largest absolute Gasteiger partial charge is 0.437 e. The minimum atomic E-state index is 0.504. The highest BCUT2D eigenvalue weighted by Gasteiger charge is 2.02. The average Bonchev–Trinajstić information content (AvgIpc) is 2.29. The van der Waals surface area contributed by atoms with Crippen LogP contribution in [0.5, 0.6) is 11.6 Å². The van der Waals surface area contributed by atoms with Crippen LogP contribution >= 0.6 is 0 Å². The van der Waals surface area contributed by atoms with E-state index in [0.29, 0.717) is 17.5 Å². The molecule has 2 heterocycles. The third kappa shape index (κ3) is 2.44. The van der Waals surface area contributed by atoms with Crippen molar-refractivity contribution in [3.63, 3.8) is 0 Å². The van der Waals surface area contributed by atoms with Gasteiger partial charge in [-0.2, -0.15) is 4.98 Å². The summed E-state index contributed by atoms with van der Waals surface area (Å²) in [5.41, 5.74) is 0. The molecular weight excluding hydrogens is 204 g/mol. The molecule has 2 rings (SSSR count). The van der Waals surface area contributed by atoms with Gasteiger partial charge in [-0.05, 0) is 19.1 Å². The van der Waals surface area contributed by atoms with Crippen LogP contribution in [-0.2, 0) is 0 Å². The second-order valence-corrected chi connectivity index (χ2v) is 3.18. The summed E-state index contributed by atoms with van der Waals surface area (Å²) < 4.78 is 5.55. The lowest BCUT2D eigenvalue weighted by Gasteiger charge is -2.06. The van der Waals surface area contributed by atoms with E-state index in [1.165, 1.54) is 0 Å². The van der Waals surface area contributed by atoms with E-state index in [9.17, 15) is 0 Å². The van der Waals surface area contributed by atoms with Crippen molar-refractivity contribution < 1.29 is 4.74 Å². The number of rotatable bonds is 3. The van der Waals surface area contributed by atoms with Crippen molar-refractivity contribution in [3.8, 4) is 11.6 Å². The van der Waals surface area contributed by atoms with Gasteiger partial charge in [0, 0.05) is 19.3 Å². The summed E-state index contributed by atoms with van der Waals surface area (Å²) in [6.45, 7) is 1.82. The second kappa shape index (κ2) is 4.57. The van der Waals surface area contributed by atoms with Crippen LogP contribution in [0, 0.1) is 6.92 Å². The molecule has 0 amide bonds. The minimum absolute atomic E-state index is 0.504.